The first-order valence-corrected chi connectivity index (χ1v) is 13.1. The Morgan fingerprint density at radius 3 is 2.40 bits per heavy atom. The fraction of sp³-hybridized carbons (Fsp3) is 0.593. The SMILES string of the molecule is CN(C)c1nc(N2CCC(N3CCCCC3)CC2)nc2c1CN(C(=O)Cc1ccc(F)cc1)CC2. The van der Waals surface area contributed by atoms with Crippen LogP contribution >= 0.6 is 0 Å². The topological polar surface area (TPSA) is 55.8 Å². The zero-order valence-corrected chi connectivity index (χ0v) is 21.0. The Morgan fingerprint density at radius 1 is 1.00 bits per heavy atom. The van der Waals surface area contributed by atoms with Crippen molar-refractivity contribution in [1.29, 1.82) is 0 Å². The van der Waals surface area contributed by atoms with Gasteiger partial charge in [0.05, 0.1) is 18.7 Å². The summed E-state index contributed by atoms with van der Waals surface area (Å²) >= 11 is 0. The van der Waals surface area contributed by atoms with Crippen LogP contribution in [0.25, 0.3) is 0 Å². The van der Waals surface area contributed by atoms with Gasteiger partial charge in [0, 0.05) is 51.8 Å². The normalized spacial score (nSPS) is 19.5. The van der Waals surface area contributed by atoms with Crippen LogP contribution in [0, 0.1) is 5.82 Å². The van der Waals surface area contributed by atoms with Gasteiger partial charge in [-0.25, -0.2) is 9.37 Å². The van der Waals surface area contributed by atoms with Crippen LogP contribution in [0.2, 0.25) is 0 Å². The van der Waals surface area contributed by atoms with Crippen molar-refractivity contribution in [2.24, 2.45) is 0 Å². The Bertz CT molecular complexity index is 1030. The molecular weight excluding hydrogens is 443 g/mol. The summed E-state index contributed by atoms with van der Waals surface area (Å²) in [5.74, 6) is 1.50. The van der Waals surface area contributed by atoms with E-state index in [4.69, 9.17) is 9.97 Å². The maximum atomic E-state index is 13.2. The monoisotopic (exact) mass is 480 g/mol. The molecule has 35 heavy (non-hydrogen) atoms. The van der Waals surface area contributed by atoms with E-state index in [9.17, 15) is 9.18 Å². The molecule has 0 spiro atoms. The van der Waals surface area contributed by atoms with E-state index in [2.05, 4.69) is 9.80 Å². The predicted molar refractivity (Wildman–Crippen MR) is 136 cm³/mol. The summed E-state index contributed by atoms with van der Waals surface area (Å²) < 4.78 is 13.2. The number of aromatic nitrogens is 2. The number of anilines is 2. The molecule has 2 fully saturated rings. The molecule has 0 saturated carbocycles. The third kappa shape index (κ3) is 5.42. The zero-order chi connectivity index (χ0) is 24.4. The second-order valence-corrected chi connectivity index (χ2v) is 10.4. The number of piperidine rings is 2. The van der Waals surface area contributed by atoms with Gasteiger partial charge < -0.3 is 19.6 Å². The van der Waals surface area contributed by atoms with E-state index >= 15 is 0 Å². The number of carbonyl (C=O) groups is 1. The van der Waals surface area contributed by atoms with Crippen molar-refractivity contribution >= 4 is 17.7 Å². The molecular formula is C27H37FN6O. The number of fused-ring (bicyclic) bond motifs is 1. The number of hydrogen-bond acceptors (Lipinski definition) is 6. The molecule has 1 amide bonds. The molecule has 3 aliphatic heterocycles. The second-order valence-electron chi connectivity index (χ2n) is 10.4. The lowest BCUT2D eigenvalue weighted by Crippen LogP contribution is -2.47. The molecule has 0 unspecified atom stereocenters. The van der Waals surface area contributed by atoms with Crippen molar-refractivity contribution in [2.75, 3.05) is 56.6 Å². The van der Waals surface area contributed by atoms with Crippen molar-refractivity contribution in [1.82, 2.24) is 19.8 Å². The van der Waals surface area contributed by atoms with Crippen LogP contribution < -0.4 is 9.80 Å². The van der Waals surface area contributed by atoms with Gasteiger partial charge in [-0.3, -0.25) is 4.79 Å². The van der Waals surface area contributed by atoms with Crippen LogP contribution in [-0.2, 0) is 24.2 Å². The number of rotatable bonds is 5. The lowest BCUT2D eigenvalue weighted by atomic mass is 10.00. The standard InChI is InChI=1S/C27H37FN6O/c1-31(2)26-23-19-34(25(35)18-20-6-8-21(28)9-7-20)17-12-24(23)29-27(30-26)33-15-10-22(11-16-33)32-13-4-3-5-14-32/h6-9,22H,3-5,10-19H2,1-2H3. The van der Waals surface area contributed by atoms with Gasteiger partial charge in [0.25, 0.3) is 0 Å². The number of nitrogens with zero attached hydrogens (tertiary/aromatic N) is 6. The summed E-state index contributed by atoms with van der Waals surface area (Å²) in [6.45, 7) is 5.65. The molecule has 1 aromatic carbocycles. The molecule has 0 radical (unpaired) electrons. The van der Waals surface area contributed by atoms with Crippen LogP contribution in [0.4, 0.5) is 16.2 Å². The van der Waals surface area contributed by atoms with Gasteiger partial charge in [-0.15, -0.1) is 0 Å². The number of amides is 1. The highest BCUT2D eigenvalue weighted by Gasteiger charge is 2.30. The summed E-state index contributed by atoms with van der Waals surface area (Å²) in [7, 11) is 4.02. The Balaban J connectivity index is 1.27. The summed E-state index contributed by atoms with van der Waals surface area (Å²) in [5.41, 5.74) is 2.93. The van der Waals surface area contributed by atoms with E-state index in [1.54, 1.807) is 12.1 Å². The highest BCUT2D eigenvalue weighted by Crippen LogP contribution is 2.30. The predicted octanol–water partition coefficient (Wildman–Crippen LogP) is 3.26. The van der Waals surface area contributed by atoms with Gasteiger partial charge >= 0.3 is 0 Å². The number of hydrogen-bond donors (Lipinski definition) is 0. The van der Waals surface area contributed by atoms with Crippen LogP contribution in [0.1, 0.15) is 48.9 Å². The van der Waals surface area contributed by atoms with E-state index in [1.165, 1.54) is 57.3 Å². The molecule has 2 saturated heterocycles. The second kappa shape index (κ2) is 10.5. The number of likely N-dealkylation sites (tertiary alicyclic amines) is 1. The van der Waals surface area contributed by atoms with Crippen molar-refractivity contribution in [2.45, 2.75) is 57.5 Å². The van der Waals surface area contributed by atoms with Crippen molar-refractivity contribution in [3.05, 3.63) is 46.9 Å². The summed E-state index contributed by atoms with van der Waals surface area (Å²) in [5, 5.41) is 0. The van der Waals surface area contributed by atoms with Crippen LogP contribution in [0.15, 0.2) is 24.3 Å². The quantitative estimate of drug-likeness (QED) is 0.655. The Labute approximate surface area is 207 Å². The van der Waals surface area contributed by atoms with Gasteiger partial charge in [0.15, 0.2) is 0 Å². The van der Waals surface area contributed by atoms with Gasteiger partial charge in [-0.2, -0.15) is 4.98 Å². The summed E-state index contributed by atoms with van der Waals surface area (Å²) in [6, 6.07) is 6.87. The molecule has 3 aliphatic rings. The maximum absolute atomic E-state index is 13.2. The largest absolute Gasteiger partial charge is 0.362 e. The van der Waals surface area contributed by atoms with Gasteiger partial charge in [-0.1, -0.05) is 18.6 Å². The van der Waals surface area contributed by atoms with Crippen molar-refractivity contribution in [3.8, 4) is 0 Å². The van der Waals surface area contributed by atoms with Crippen LogP contribution in [0.3, 0.4) is 0 Å². The lowest BCUT2D eigenvalue weighted by Gasteiger charge is -2.40. The molecule has 0 aliphatic carbocycles. The van der Waals surface area contributed by atoms with Crippen molar-refractivity contribution in [3.63, 3.8) is 0 Å². The first-order valence-electron chi connectivity index (χ1n) is 13.1. The van der Waals surface area contributed by atoms with Gasteiger partial charge in [-0.05, 0) is 56.5 Å². The Kier molecular flexibility index (Phi) is 7.18. The third-order valence-electron chi connectivity index (χ3n) is 7.73. The maximum Gasteiger partial charge on any atom is 0.227 e. The summed E-state index contributed by atoms with van der Waals surface area (Å²) in [6.07, 6.45) is 7.39. The molecule has 0 bridgehead atoms. The fourth-order valence-corrected chi connectivity index (χ4v) is 5.71. The van der Waals surface area contributed by atoms with E-state index in [0.29, 0.717) is 19.1 Å². The molecule has 0 atom stereocenters. The van der Waals surface area contributed by atoms with Gasteiger partial charge in [0.1, 0.15) is 11.6 Å². The van der Waals surface area contributed by atoms with E-state index < -0.39 is 0 Å². The minimum atomic E-state index is -0.285. The first-order chi connectivity index (χ1) is 17.0. The number of halogens is 1. The molecule has 8 heteroatoms. The van der Waals surface area contributed by atoms with E-state index in [0.717, 1.165) is 48.1 Å². The molecule has 1 aromatic heterocycles. The first kappa shape index (κ1) is 24.0. The molecule has 188 valence electrons. The Hall–Kier alpha value is -2.74. The minimum absolute atomic E-state index is 0.0517. The summed E-state index contributed by atoms with van der Waals surface area (Å²) in [4.78, 5) is 31.9. The van der Waals surface area contributed by atoms with Crippen LogP contribution in [-0.4, -0.2) is 78.5 Å². The van der Waals surface area contributed by atoms with E-state index in [-0.39, 0.29) is 18.1 Å². The Morgan fingerprint density at radius 2 is 1.71 bits per heavy atom. The number of benzene rings is 1. The highest BCUT2D eigenvalue weighted by molar-refractivity contribution is 5.79. The zero-order valence-electron chi connectivity index (χ0n) is 21.0. The lowest BCUT2D eigenvalue weighted by molar-refractivity contribution is -0.131. The molecule has 4 heterocycles. The van der Waals surface area contributed by atoms with Crippen LogP contribution in [0.5, 0.6) is 0 Å². The molecule has 5 rings (SSSR count). The fourth-order valence-electron chi connectivity index (χ4n) is 5.71. The molecule has 0 N–H and O–H groups in total. The van der Waals surface area contributed by atoms with Crippen molar-refractivity contribution < 1.29 is 9.18 Å². The molecule has 7 nitrogen and oxygen atoms in total. The molecule has 2 aromatic rings. The highest BCUT2D eigenvalue weighted by atomic mass is 19.1. The van der Waals surface area contributed by atoms with E-state index in [1.807, 2.05) is 23.9 Å². The number of carbonyl (C=O) groups excluding carboxylic acids is 1. The average molecular weight is 481 g/mol. The average Bonchev–Trinajstić information content (AvgIpc) is 2.89. The smallest absolute Gasteiger partial charge is 0.227 e. The minimum Gasteiger partial charge on any atom is -0.362 e. The van der Waals surface area contributed by atoms with Gasteiger partial charge in [0.2, 0.25) is 11.9 Å². The third-order valence-corrected chi connectivity index (χ3v) is 7.73.